The molecule has 2 aromatic rings. The summed E-state index contributed by atoms with van der Waals surface area (Å²) in [4.78, 5) is 54.2. The normalized spacial score (nSPS) is 15.5. The summed E-state index contributed by atoms with van der Waals surface area (Å²) in [5, 5.41) is 18.6. The van der Waals surface area contributed by atoms with E-state index in [-0.39, 0.29) is 24.2 Å². The average Bonchev–Trinajstić information content (AvgIpc) is 3.26. The van der Waals surface area contributed by atoms with Crippen LogP contribution in [0.15, 0.2) is 30.5 Å². The Bertz CT molecular complexity index is 1110. The summed E-state index contributed by atoms with van der Waals surface area (Å²) in [5.74, 6) is -3.21. The van der Waals surface area contributed by atoms with Crippen molar-refractivity contribution in [1.29, 1.82) is 0 Å². The quantitative estimate of drug-likeness (QED) is 0.220. The van der Waals surface area contributed by atoms with Crippen LogP contribution in [0.1, 0.15) is 59.9 Å². The minimum absolute atomic E-state index is 0.0506. The number of fused-ring (bicyclic) bond motifs is 1. The first kappa shape index (κ1) is 30.8. The molecule has 5 unspecified atom stereocenters. The minimum atomic E-state index is -1.13. The average molecular weight is 530 g/mol. The van der Waals surface area contributed by atoms with Crippen LogP contribution >= 0.6 is 0 Å². The maximum atomic E-state index is 13.3. The molecule has 1 heterocycles. The number of nitrogens with one attached hydrogen (secondary N) is 4. The van der Waals surface area contributed by atoms with Crippen LogP contribution in [0.5, 0.6) is 0 Å². The number of H-pyrrole nitrogens is 1. The Morgan fingerprint density at radius 1 is 0.921 bits per heavy atom. The Morgan fingerprint density at radius 2 is 1.55 bits per heavy atom. The summed E-state index contributed by atoms with van der Waals surface area (Å²) >= 11 is 0. The van der Waals surface area contributed by atoms with Crippen LogP contribution in [-0.2, 0) is 25.6 Å². The summed E-state index contributed by atoms with van der Waals surface area (Å²) < 4.78 is 0. The van der Waals surface area contributed by atoms with Crippen molar-refractivity contribution in [2.75, 3.05) is 0 Å². The highest BCUT2D eigenvalue weighted by Crippen LogP contribution is 2.19. The van der Waals surface area contributed by atoms with Gasteiger partial charge in [0, 0.05) is 17.1 Å². The van der Waals surface area contributed by atoms with Crippen molar-refractivity contribution in [3.8, 4) is 0 Å². The summed E-state index contributed by atoms with van der Waals surface area (Å²) in [6, 6.07) is 3.89. The predicted octanol–water partition coefficient (Wildman–Crippen LogP) is 2.32. The van der Waals surface area contributed by atoms with Gasteiger partial charge in [0.2, 0.25) is 17.7 Å². The van der Waals surface area contributed by atoms with Gasteiger partial charge >= 0.3 is 5.97 Å². The molecule has 10 nitrogen and oxygen atoms in total. The SMILES string of the molecule is CCC(C)C(NC(=O)C(CC(C)C)NC(=O)C(NC(=O)C(N)Cc1c[nH]c2ccccc12)C(C)C)C(=O)O. The Kier molecular flexibility index (Phi) is 11.3. The zero-order valence-electron chi connectivity index (χ0n) is 23.2. The molecule has 210 valence electrons. The number of nitrogens with two attached hydrogens (primary N) is 1. The molecule has 0 fully saturated rings. The molecule has 5 atom stereocenters. The molecule has 0 aliphatic carbocycles. The van der Waals surface area contributed by atoms with E-state index in [0.29, 0.717) is 12.8 Å². The third-order valence-corrected chi connectivity index (χ3v) is 6.82. The Morgan fingerprint density at radius 3 is 2.13 bits per heavy atom. The highest BCUT2D eigenvalue weighted by atomic mass is 16.4. The molecule has 3 amide bonds. The molecule has 7 N–H and O–H groups in total. The van der Waals surface area contributed by atoms with Gasteiger partial charge in [0.25, 0.3) is 0 Å². The van der Waals surface area contributed by atoms with Crippen molar-refractivity contribution in [3.63, 3.8) is 0 Å². The molecule has 38 heavy (non-hydrogen) atoms. The molecule has 1 aromatic heterocycles. The lowest BCUT2D eigenvalue weighted by Crippen LogP contribution is -2.59. The van der Waals surface area contributed by atoms with E-state index in [1.54, 1.807) is 20.8 Å². The number of hydrogen-bond donors (Lipinski definition) is 6. The van der Waals surface area contributed by atoms with E-state index in [1.165, 1.54) is 0 Å². The molecule has 0 spiro atoms. The van der Waals surface area contributed by atoms with Crippen molar-refractivity contribution in [3.05, 3.63) is 36.0 Å². The second kappa shape index (κ2) is 13.9. The van der Waals surface area contributed by atoms with Gasteiger partial charge < -0.3 is 31.8 Å². The summed E-state index contributed by atoms with van der Waals surface area (Å²) in [6.07, 6.45) is 2.98. The lowest BCUT2D eigenvalue weighted by atomic mass is 9.97. The summed E-state index contributed by atoms with van der Waals surface area (Å²) in [6.45, 7) is 11.0. The lowest BCUT2D eigenvalue weighted by Gasteiger charge is -2.28. The van der Waals surface area contributed by atoms with E-state index in [9.17, 15) is 24.3 Å². The van der Waals surface area contributed by atoms with Crippen LogP contribution < -0.4 is 21.7 Å². The maximum Gasteiger partial charge on any atom is 0.326 e. The molecular weight excluding hydrogens is 486 g/mol. The number of aromatic amines is 1. The van der Waals surface area contributed by atoms with Crippen molar-refractivity contribution in [1.82, 2.24) is 20.9 Å². The fraction of sp³-hybridized carbons (Fsp3) is 0.571. The van der Waals surface area contributed by atoms with E-state index in [4.69, 9.17) is 5.73 Å². The van der Waals surface area contributed by atoms with Crippen LogP contribution in [0.4, 0.5) is 0 Å². The molecule has 10 heteroatoms. The van der Waals surface area contributed by atoms with Gasteiger partial charge in [-0.2, -0.15) is 0 Å². The van der Waals surface area contributed by atoms with Crippen molar-refractivity contribution >= 4 is 34.6 Å². The number of carbonyl (C=O) groups excluding carboxylic acids is 3. The molecule has 0 aliphatic heterocycles. The highest BCUT2D eigenvalue weighted by molar-refractivity contribution is 5.94. The van der Waals surface area contributed by atoms with Gasteiger partial charge in [0.15, 0.2) is 0 Å². The molecule has 0 saturated heterocycles. The van der Waals surface area contributed by atoms with E-state index in [0.717, 1.165) is 16.5 Å². The van der Waals surface area contributed by atoms with Crippen molar-refractivity contribution in [2.24, 2.45) is 23.5 Å². The number of aromatic nitrogens is 1. The number of carbonyl (C=O) groups is 4. The van der Waals surface area contributed by atoms with Crippen LogP contribution in [0.3, 0.4) is 0 Å². The van der Waals surface area contributed by atoms with Gasteiger partial charge in [-0.25, -0.2) is 4.79 Å². The smallest absolute Gasteiger partial charge is 0.326 e. The number of aliphatic carboxylic acids is 1. The van der Waals surface area contributed by atoms with Gasteiger partial charge in [-0.05, 0) is 42.2 Å². The monoisotopic (exact) mass is 529 g/mol. The van der Waals surface area contributed by atoms with E-state index < -0.39 is 47.9 Å². The third-order valence-electron chi connectivity index (χ3n) is 6.82. The number of hydrogen-bond acceptors (Lipinski definition) is 5. The Hall–Kier alpha value is -3.40. The van der Waals surface area contributed by atoms with Crippen LogP contribution in [0, 0.1) is 17.8 Å². The molecule has 1 aromatic carbocycles. The standard InChI is InChI=1S/C28H43N5O5/c1-7-17(6)24(28(37)38)33-26(35)22(12-15(2)3)31-27(36)23(16(4)5)32-25(34)20(29)13-18-14-30-21-11-9-8-10-19(18)21/h8-11,14-17,20,22-24,30H,7,12-13,29H2,1-6H3,(H,31,36)(H,32,34)(H,33,35)(H,37,38). The first-order valence-electron chi connectivity index (χ1n) is 13.3. The third kappa shape index (κ3) is 8.31. The number of carboxylic acids is 1. The Labute approximate surface area is 224 Å². The number of benzene rings is 1. The van der Waals surface area contributed by atoms with Gasteiger partial charge in [-0.15, -0.1) is 0 Å². The number of rotatable bonds is 14. The van der Waals surface area contributed by atoms with Crippen LogP contribution in [0.25, 0.3) is 10.9 Å². The highest BCUT2D eigenvalue weighted by Gasteiger charge is 2.33. The fourth-order valence-electron chi connectivity index (χ4n) is 4.33. The van der Waals surface area contributed by atoms with Gasteiger partial charge in [-0.1, -0.05) is 66.2 Å². The topological polar surface area (TPSA) is 166 Å². The van der Waals surface area contributed by atoms with Gasteiger partial charge in [0.1, 0.15) is 18.1 Å². The lowest BCUT2D eigenvalue weighted by molar-refractivity contribution is -0.144. The molecule has 0 bridgehead atoms. The molecule has 0 aliphatic rings. The number of carboxylic acid groups (broad SMARTS) is 1. The second-order valence-corrected chi connectivity index (χ2v) is 10.8. The minimum Gasteiger partial charge on any atom is -0.480 e. The van der Waals surface area contributed by atoms with Crippen molar-refractivity contribution in [2.45, 2.75) is 85.0 Å². The summed E-state index contributed by atoms with van der Waals surface area (Å²) in [7, 11) is 0. The predicted molar refractivity (Wildman–Crippen MR) is 147 cm³/mol. The maximum absolute atomic E-state index is 13.3. The van der Waals surface area contributed by atoms with Crippen LogP contribution in [0.2, 0.25) is 0 Å². The number of para-hydroxylation sites is 1. The van der Waals surface area contributed by atoms with Crippen molar-refractivity contribution < 1.29 is 24.3 Å². The Balaban J connectivity index is 2.11. The fourth-order valence-corrected chi connectivity index (χ4v) is 4.33. The van der Waals surface area contributed by atoms with Crippen LogP contribution in [-0.4, -0.2) is 57.9 Å². The zero-order chi connectivity index (χ0) is 28.6. The first-order chi connectivity index (χ1) is 17.8. The van der Waals surface area contributed by atoms with Gasteiger partial charge in [-0.3, -0.25) is 14.4 Å². The second-order valence-electron chi connectivity index (χ2n) is 10.8. The first-order valence-corrected chi connectivity index (χ1v) is 13.3. The molecule has 0 radical (unpaired) electrons. The van der Waals surface area contributed by atoms with Gasteiger partial charge in [0.05, 0.1) is 6.04 Å². The van der Waals surface area contributed by atoms with E-state index >= 15 is 0 Å². The molecular formula is C28H43N5O5. The number of amides is 3. The van der Waals surface area contributed by atoms with E-state index in [2.05, 4.69) is 20.9 Å². The van der Waals surface area contributed by atoms with E-state index in [1.807, 2.05) is 51.2 Å². The largest absolute Gasteiger partial charge is 0.480 e. The zero-order valence-corrected chi connectivity index (χ0v) is 23.2. The molecule has 2 rings (SSSR count). The summed E-state index contributed by atoms with van der Waals surface area (Å²) in [5.41, 5.74) is 8.06. The molecule has 0 saturated carbocycles.